The number of likely N-dealkylation sites (tertiary alicyclic amines) is 1. The lowest BCUT2D eigenvalue weighted by atomic mass is 9.81. The third-order valence-corrected chi connectivity index (χ3v) is 5.32. The summed E-state index contributed by atoms with van der Waals surface area (Å²) in [7, 11) is 0. The second-order valence-electron chi connectivity index (χ2n) is 7.01. The van der Waals surface area contributed by atoms with Gasteiger partial charge in [-0.3, -0.25) is 4.79 Å². The maximum absolute atomic E-state index is 12.9. The third-order valence-electron chi connectivity index (χ3n) is 5.32. The molecule has 0 spiro atoms. The van der Waals surface area contributed by atoms with Crippen LogP contribution in [0, 0.1) is 12.8 Å². The molecule has 124 valence electrons. The van der Waals surface area contributed by atoms with Crippen LogP contribution >= 0.6 is 0 Å². The van der Waals surface area contributed by atoms with E-state index in [9.17, 15) is 4.79 Å². The van der Waals surface area contributed by atoms with Crippen LogP contribution in [0.2, 0.25) is 0 Å². The Morgan fingerprint density at radius 2 is 1.62 bits per heavy atom. The standard InChI is InChI=1S/C21H24N2O/c1-16-9-11-18(12-10-16)23-20(17-7-3-2-4-8-17)19(21(23)24)15-22-13-5-6-14-22/h2-4,7-12,19-20H,5-6,13-15H2,1H3/t19-,20+/m0/s1. The molecule has 2 aromatic rings. The van der Waals surface area contributed by atoms with E-state index in [1.807, 2.05) is 11.0 Å². The Bertz CT molecular complexity index is 704. The number of hydrogen-bond donors (Lipinski definition) is 0. The van der Waals surface area contributed by atoms with Gasteiger partial charge in [0.2, 0.25) is 5.91 Å². The summed E-state index contributed by atoms with van der Waals surface area (Å²) in [6.45, 7) is 5.24. The highest BCUT2D eigenvalue weighted by Gasteiger charge is 2.49. The fourth-order valence-corrected chi connectivity index (χ4v) is 3.99. The molecule has 2 fully saturated rings. The first-order valence-electron chi connectivity index (χ1n) is 8.91. The molecule has 2 aliphatic rings. The molecule has 24 heavy (non-hydrogen) atoms. The zero-order valence-corrected chi connectivity index (χ0v) is 14.2. The molecule has 2 aromatic carbocycles. The van der Waals surface area contributed by atoms with Gasteiger partial charge in [0.1, 0.15) is 0 Å². The second kappa shape index (κ2) is 6.40. The Kier molecular flexibility index (Phi) is 4.11. The van der Waals surface area contributed by atoms with Crippen molar-refractivity contribution in [2.75, 3.05) is 24.5 Å². The van der Waals surface area contributed by atoms with Crippen LogP contribution in [-0.4, -0.2) is 30.4 Å². The van der Waals surface area contributed by atoms with E-state index < -0.39 is 0 Å². The highest BCUT2D eigenvalue weighted by Crippen LogP contribution is 2.44. The zero-order valence-electron chi connectivity index (χ0n) is 14.2. The molecule has 2 heterocycles. The number of nitrogens with zero attached hydrogens (tertiary/aromatic N) is 2. The first kappa shape index (κ1) is 15.4. The highest BCUT2D eigenvalue weighted by atomic mass is 16.2. The van der Waals surface area contributed by atoms with Crippen molar-refractivity contribution in [2.45, 2.75) is 25.8 Å². The van der Waals surface area contributed by atoms with E-state index in [-0.39, 0.29) is 17.9 Å². The van der Waals surface area contributed by atoms with E-state index >= 15 is 0 Å². The van der Waals surface area contributed by atoms with Crippen molar-refractivity contribution >= 4 is 11.6 Å². The predicted molar refractivity (Wildman–Crippen MR) is 97.0 cm³/mol. The molecular weight excluding hydrogens is 296 g/mol. The van der Waals surface area contributed by atoms with Crippen LogP contribution < -0.4 is 4.90 Å². The molecule has 4 rings (SSSR count). The number of amides is 1. The smallest absolute Gasteiger partial charge is 0.234 e. The fourth-order valence-electron chi connectivity index (χ4n) is 3.99. The Morgan fingerprint density at radius 1 is 0.958 bits per heavy atom. The monoisotopic (exact) mass is 320 g/mol. The molecule has 3 heteroatoms. The summed E-state index contributed by atoms with van der Waals surface area (Å²) in [5, 5.41) is 0. The van der Waals surface area contributed by atoms with Crippen molar-refractivity contribution in [1.29, 1.82) is 0 Å². The van der Waals surface area contributed by atoms with Gasteiger partial charge in [-0.1, -0.05) is 48.0 Å². The van der Waals surface area contributed by atoms with Gasteiger partial charge < -0.3 is 9.80 Å². The van der Waals surface area contributed by atoms with Gasteiger partial charge in [0.15, 0.2) is 0 Å². The van der Waals surface area contributed by atoms with E-state index in [2.05, 4.69) is 60.4 Å². The van der Waals surface area contributed by atoms with Gasteiger partial charge in [-0.25, -0.2) is 0 Å². The normalized spacial score (nSPS) is 24.2. The van der Waals surface area contributed by atoms with Crippen molar-refractivity contribution in [3.8, 4) is 0 Å². The average Bonchev–Trinajstić information content (AvgIpc) is 3.13. The van der Waals surface area contributed by atoms with E-state index in [1.54, 1.807) is 0 Å². The zero-order chi connectivity index (χ0) is 16.5. The molecule has 0 aromatic heterocycles. The lowest BCUT2D eigenvalue weighted by Gasteiger charge is -2.48. The van der Waals surface area contributed by atoms with Gasteiger partial charge in [-0.2, -0.15) is 0 Å². The Hall–Kier alpha value is -2.13. The summed E-state index contributed by atoms with van der Waals surface area (Å²) in [6, 6.07) is 18.9. The molecule has 0 saturated carbocycles. The molecule has 0 N–H and O–H groups in total. The van der Waals surface area contributed by atoms with E-state index in [0.29, 0.717) is 0 Å². The Labute approximate surface area is 143 Å². The topological polar surface area (TPSA) is 23.6 Å². The maximum atomic E-state index is 12.9. The number of carbonyl (C=O) groups is 1. The molecular formula is C21H24N2O. The number of carbonyl (C=O) groups excluding carboxylic acids is 1. The summed E-state index contributed by atoms with van der Waals surface area (Å²) in [5.74, 6) is 0.339. The van der Waals surface area contributed by atoms with Crippen LogP contribution in [0.4, 0.5) is 5.69 Å². The first-order valence-corrected chi connectivity index (χ1v) is 8.91. The fraction of sp³-hybridized carbons (Fsp3) is 0.381. The summed E-state index contributed by atoms with van der Waals surface area (Å²) in [4.78, 5) is 17.3. The van der Waals surface area contributed by atoms with Gasteiger partial charge in [-0.15, -0.1) is 0 Å². The lowest BCUT2D eigenvalue weighted by Crippen LogP contribution is -2.58. The average molecular weight is 320 g/mol. The third kappa shape index (κ3) is 2.73. The van der Waals surface area contributed by atoms with Crippen molar-refractivity contribution in [3.05, 3.63) is 65.7 Å². The summed E-state index contributed by atoms with van der Waals surface area (Å²) >= 11 is 0. The van der Waals surface area contributed by atoms with E-state index in [1.165, 1.54) is 24.0 Å². The molecule has 3 nitrogen and oxygen atoms in total. The van der Waals surface area contributed by atoms with Gasteiger partial charge >= 0.3 is 0 Å². The molecule has 0 radical (unpaired) electrons. The minimum absolute atomic E-state index is 0.0757. The Morgan fingerprint density at radius 3 is 2.29 bits per heavy atom. The van der Waals surface area contributed by atoms with Crippen molar-refractivity contribution in [2.24, 2.45) is 5.92 Å². The van der Waals surface area contributed by atoms with E-state index in [4.69, 9.17) is 0 Å². The quantitative estimate of drug-likeness (QED) is 0.800. The van der Waals surface area contributed by atoms with Gasteiger partial charge in [-0.05, 0) is 50.6 Å². The molecule has 2 aliphatic heterocycles. The van der Waals surface area contributed by atoms with Gasteiger partial charge in [0, 0.05) is 12.2 Å². The van der Waals surface area contributed by atoms with Crippen LogP contribution in [0.15, 0.2) is 54.6 Å². The Balaban J connectivity index is 1.63. The number of hydrogen-bond acceptors (Lipinski definition) is 2. The van der Waals surface area contributed by atoms with E-state index in [0.717, 1.165) is 25.3 Å². The summed E-state index contributed by atoms with van der Waals surface area (Å²) < 4.78 is 0. The SMILES string of the molecule is Cc1ccc(N2C(=O)[C@@H](CN3CCCC3)[C@H]2c2ccccc2)cc1. The van der Waals surface area contributed by atoms with Gasteiger partial charge in [0.25, 0.3) is 0 Å². The molecule has 0 aliphatic carbocycles. The summed E-state index contributed by atoms with van der Waals surface area (Å²) in [5.41, 5.74) is 3.47. The van der Waals surface area contributed by atoms with Gasteiger partial charge in [0.05, 0.1) is 12.0 Å². The minimum atomic E-state index is 0.0757. The number of rotatable bonds is 4. The minimum Gasteiger partial charge on any atom is -0.304 e. The molecule has 0 bridgehead atoms. The highest BCUT2D eigenvalue weighted by molar-refractivity contribution is 6.03. The predicted octanol–water partition coefficient (Wildman–Crippen LogP) is 3.79. The number of β-lactam (4-membered cyclic amide) rings is 1. The molecule has 1 amide bonds. The van der Waals surface area contributed by atoms with Crippen LogP contribution in [-0.2, 0) is 4.79 Å². The maximum Gasteiger partial charge on any atom is 0.234 e. The first-order chi connectivity index (χ1) is 11.7. The van der Waals surface area contributed by atoms with Crippen LogP contribution in [0.3, 0.4) is 0 Å². The van der Waals surface area contributed by atoms with Crippen LogP contribution in [0.25, 0.3) is 0 Å². The molecule has 2 saturated heterocycles. The van der Waals surface area contributed by atoms with Crippen molar-refractivity contribution in [3.63, 3.8) is 0 Å². The number of aryl methyl sites for hydroxylation is 1. The number of anilines is 1. The molecule has 2 atom stereocenters. The largest absolute Gasteiger partial charge is 0.304 e. The van der Waals surface area contributed by atoms with Crippen molar-refractivity contribution in [1.82, 2.24) is 4.90 Å². The van der Waals surface area contributed by atoms with Crippen LogP contribution in [0.5, 0.6) is 0 Å². The second-order valence-corrected chi connectivity index (χ2v) is 7.01. The molecule has 0 unspecified atom stereocenters. The number of benzene rings is 2. The summed E-state index contributed by atoms with van der Waals surface area (Å²) in [6.07, 6.45) is 2.52. The lowest BCUT2D eigenvalue weighted by molar-refractivity contribution is -0.131. The van der Waals surface area contributed by atoms with Crippen molar-refractivity contribution < 1.29 is 4.79 Å². The van der Waals surface area contributed by atoms with Crippen LogP contribution in [0.1, 0.15) is 30.0 Å².